The summed E-state index contributed by atoms with van der Waals surface area (Å²) in [5.74, 6) is 0. The van der Waals surface area contributed by atoms with Gasteiger partial charge in [0.1, 0.15) is 0 Å². The zero-order valence-electron chi connectivity index (χ0n) is 9.39. The van der Waals surface area contributed by atoms with Crippen molar-refractivity contribution in [3.63, 3.8) is 0 Å². The highest BCUT2D eigenvalue weighted by Gasteiger charge is 2.25. The summed E-state index contributed by atoms with van der Waals surface area (Å²) < 4.78 is 25.0. The third kappa shape index (κ3) is 2.79. The Morgan fingerprint density at radius 1 is 1.53 bits per heavy atom. The quantitative estimate of drug-likeness (QED) is 0.841. The molecule has 2 rings (SSSR count). The first-order chi connectivity index (χ1) is 8.00. The molecule has 0 aliphatic heterocycles. The highest BCUT2D eigenvalue weighted by Crippen LogP contribution is 2.22. The van der Waals surface area contributed by atoms with Crippen LogP contribution in [0.15, 0.2) is 11.2 Å². The van der Waals surface area contributed by atoms with Crippen molar-refractivity contribution in [1.82, 2.24) is 14.7 Å². The molecule has 17 heavy (non-hydrogen) atoms. The molecule has 0 atom stereocenters. The van der Waals surface area contributed by atoms with Gasteiger partial charge >= 0.3 is 0 Å². The maximum Gasteiger partial charge on any atom is 0.281 e. The van der Waals surface area contributed by atoms with Crippen LogP contribution in [0.4, 0.5) is 0 Å². The Morgan fingerprint density at radius 2 is 2.18 bits per heavy atom. The van der Waals surface area contributed by atoms with Crippen molar-refractivity contribution in [2.24, 2.45) is 7.05 Å². The summed E-state index contributed by atoms with van der Waals surface area (Å²) in [4.78, 5) is 7.28. The summed E-state index contributed by atoms with van der Waals surface area (Å²) in [7, 11) is -2.26. The van der Waals surface area contributed by atoms with Crippen LogP contribution >= 0.6 is 11.6 Å². The zero-order chi connectivity index (χ0) is 12.5. The van der Waals surface area contributed by atoms with Gasteiger partial charge in [0.15, 0.2) is 5.03 Å². The van der Waals surface area contributed by atoms with Gasteiger partial charge in [-0.25, -0.2) is 8.42 Å². The lowest BCUT2D eigenvalue weighted by Gasteiger charge is -2.12. The van der Waals surface area contributed by atoms with E-state index in [0.717, 1.165) is 25.7 Å². The van der Waals surface area contributed by atoms with Crippen molar-refractivity contribution < 1.29 is 13.3 Å². The normalized spacial score (nSPS) is 17.8. The number of rotatable bonds is 4. The van der Waals surface area contributed by atoms with Crippen LogP contribution in [0.5, 0.6) is 0 Å². The predicted octanol–water partition coefficient (Wildman–Crippen LogP) is 1.23. The maximum atomic E-state index is 11.9. The molecule has 1 aromatic heterocycles. The molecule has 0 unspecified atom stereocenters. The highest BCUT2D eigenvalue weighted by molar-refractivity contribution is 7.89. The molecule has 0 radical (unpaired) electrons. The molecule has 1 aromatic rings. The van der Waals surface area contributed by atoms with Crippen LogP contribution in [0, 0.1) is 0 Å². The molecule has 0 aromatic carbocycles. The molecule has 1 aliphatic rings. The first-order valence-electron chi connectivity index (χ1n) is 5.35. The summed E-state index contributed by atoms with van der Waals surface area (Å²) in [5, 5.41) is 3.76. The van der Waals surface area contributed by atoms with E-state index >= 15 is 0 Å². The Bertz CT molecular complexity index is 474. The highest BCUT2D eigenvalue weighted by atomic mass is 35.5. The van der Waals surface area contributed by atoms with Gasteiger partial charge in [0, 0.05) is 7.05 Å². The average Bonchev–Trinajstić information content (AvgIpc) is 2.86. The fourth-order valence-electron chi connectivity index (χ4n) is 1.88. The number of halogens is 1. The van der Waals surface area contributed by atoms with E-state index in [0.29, 0.717) is 0 Å². The van der Waals surface area contributed by atoms with E-state index in [1.54, 1.807) is 0 Å². The molecule has 1 saturated carbocycles. The molecule has 96 valence electrons. The van der Waals surface area contributed by atoms with E-state index in [4.69, 9.17) is 16.4 Å². The van der Waals surface area contributed by atoms with Crippen molar-refractivity contribution >= 4 is 21.6 Å². The van der Waals surface area contributed by atoms with Gasteiger partial charge in [0.25, 0.3) is 10.0 Å². The number of nitrogens with one attached hydrogen (secondary N) is 1. The Morgan fingerprint density at radius 3 is 2.71 bits per heavy atom. The van der Waals surface area contributed by atoms with E-state index in [1.165, 1.54) is 17.9 Å². The van der Waals surface area contributed by atoms with Crippen molar-refractivity contribution in [3.05, 3.63) is 11.2 Å². The monoisotopic (exact) mass is 279 g/mol. The lowest BCUT2D eigenvalue weighted by molar-refractivity contribution is 0.0221. The lowest BCUT2D eigenvalue weighted by atomic mass is 10.3. The molecule has 0 amide bonds. The van der Waals surface area contributed by atoms with Gasteiger partial charge < -0.3 is 0 Å². The largest absolute Gasteiger partial charge is 0.283 e. The second-order valence-electron chi connectivity index (χ2n) is 4.03. The van der Waals surface area contributed by atoms with Crippen molar-refractivity contribution in [2.45, 2.75) is 36.8 Å². The van der Waals surface area contributed by atoms with Gasteiger partial charge in [-0.2, -0.15) is 5.10 Å². The Balaban J connectivity index is 2.08. The van der Waals surface area contributed by atoms with Crippen LogP contribution in [-0.4, -0.2) is 24.3 Å². The zero-order valence-corrected chi connectivity index (χ0v) is 11.0. The van der Waals surface area contributed by atoms with Crippen LogP contribution < -0.4 is 4.89 Å². The minimum atomic E-state index is -3.77. The third-order valence-corrected chi connectivity index (χ3v) is 4.42. The molecular formula is C9H14ClN3O3S. The molecule has 8 heteroatoms. The smallest absolute Gasteiger partial charge is 0.281 e. The molecule has 1 N–H and O–H groups in total. The molecular weight excluding hydrogens is 266 g/mol. The summed E-state index contributed by atoms with van der Waals surface area (Å²) in [6.07, 6.45) is 5.13. The third-order valence-electron chi connectivity index (χ3n) is 2.72. The number of aromatic nitrogens is 2. The lowest BCUT2D eigenvalue weighted by Crippen LogP contribution is -2.30. The standard InChI is InChI=1S/C9H14ClN3O3S/c1-13-9(8(10)6-11-13)17(14,15)12-16-7-4-2-3-5-7/h6-7,12H,2-5H2,1H3. The predicted molar refractivity (Wildman–Crippen MR) is 61.9 cm³/mol. The van der Waals surface area contributed by atoms with E-state index < -0.39 is 10.0 Å². The Labute approximate surface area is 105 Å². The molecule has 0 bridgehead atoms. The molecule has 6 nitrogen and oxygen atoms in total. The minimum absolute atomic E-state index is 0.0446. The fourth-order valence-corrected chi connectivity index (χ4v) is 3.40. The first kappa shape index (κ1) is 12.8. The average molecular weight is 280 g/mol. The number of hydrogen-bond acceptors (Lipinski definition) is 4. The van der Waals surface area contributed by atoms with E-state index in [1.807, 2.05) is 0 Å². The van der Waals surface area contributed by atoms with Crippen molar-refractivity contribution in [2.75, 3.05) is 0 Å². The van der Waals surface area contributed by atoms with Crippen LogP contribution in [0.3, 0.4) is 0 Å². The number of nitrogens with zero attached hydrogens (tertiary/aromatic N) is 2. The minimum Gasteiger partial charge on any atom is -0.283 e. The summed E-state index contributed by atoms with van der Waals surface area (Å²) >= 11 is 5.77. The van der Waals surface area contributed by atoms with Gasteiger partial charge in [0.05, 0.1) is 17.3 Å². The number of sulfonamides is 1. The fraction of sp³-hybridized carbons (Fsp3) is 0.667. The van der Waals surface area contributed by atoms with Crippen LogP contribution in [0.25, 0.3) is 0 Å². The summed E-state index contributed by atoms with van der Waals surface area (Å²) in [6.45, 7) is 0. The van der Waals surface area contributed by atoms with Gasteiger partial charge in [-0.15, -0.1) is 0 Å². The second-order valence-corrected chi connectivity index (χ2v) is 6.00. The van der Waals surface area contributed by atoms with Gasteiger partial charge in [-0.3, -0.25) is 9.52 Å². The Hall–Kier alpha value is -0.630. The first-order valence-corrected chi connectivity index (χ1v) is 7.22. The van der Waals surface area contributed by atoms with E-state index in [2.05, 4.69) is 9.98 Å². The molecule has 1 fully saturated rings. The SMILES string of the molecule is Cn1ncc(Cl)c1S(=O)(=O)NOC1CCCC1. The summed E-state index contributed by atoms with van der Waals surface area (Å²) in [6, 6.07) is 0. The van der Waals surface area contributed by atoms with Crippen LogP contribution in [-0.2, 0) is 21.9 Å². The van der Waals surface area contributed by atoms with E-state index in [-0.39, 0.29) is 16.2 Å². The van der Waals surface area contributed by atoms with E-state index in [9.17, 15) is 8.42 Å². The number of aryl methyl sites for hydroxylation is 1. The van der Waals surface area contributed by atoms with Crippen molar-refractivity contribution in [1.29, 1.82) is 0 Å². The van der Waals surface area contributed by atoms with Crippen molar-refractivity contribution in [3.8, 4) is 0 Å². The maximum absolute atomic E-state index is 11.9. The van der Waals surface area contributed by atoms with Crippen LogP contribution in [0.2, 0.25) is 5.02 Å². The summed E-state index contributed by atoms with van der Waals surface area (Å²) in [5.41, 5.74) is 0. The van der Waals surface area contributed by atoms with Crippen LogP contribution in [0.1, 0.15) is 25.7 Å². The van der Waals surface area contributed by atoms with Gasteiger partial charge in [-0.1, -0.05) is 29.3 Å². The molecule has 1 heterocycles. The number of hydrogen-bond donors (Lipinski definition) is 1. The molecule has 0 spiro atoms. The topological polar surface area (TPSA) is 73.2 Å². The van der Waals surface area contributed by atoms with Gasteiger partial charge in [-0.05, 0) is 12.8 Å². The molecule has 1 aliphatic carbocycles. The Kier molecular flexibility index (Phi) is 3.72. The molecule has 0 saturated heterocycles. The van der Waals surface area contributed by atoms with Gasteiger partial charge in [0.2, 0.25) is 0 Å². The second kappa shape index (κ2) is 4.93.